The molecule has 1 fully saturated rings. The lowest BCUT2D eigenvalue weighted by atomic mass is 9.99. The van der Waals surface area contributed by atoms with Gasteiger partial charge in [0.05, 0.1) is 6.33 Å². The van der Waals surface area contributed by atoms with Crippen molar-refractivity contribution in [3.8, 4) is 0 Å². The Morgan fingerprint density at radius 2 is 1.83 bits per heavy atom. The monoisotopic (exact) mass is 312 g/mol. The van der Waals surface area contributed by atoms with Crippen molar-refractivity contribution in [3.63, 3.8) is 0 Å². The van der Waals surface area contributed by atoms with Crippen LogP contribution in [0.4, 0.5) is 5.69 Å². The topological polar surface area (TPSA) is 41.4 Å². The summed E-state index contributed by atoms with van der Waals surface area (Å²) in [7, 11) is 0. The minimum absolute atomic E-state index is 0.219. The Labute approximate surface area is 137 Å². The molecule has 0 unspecified atom stereocenters. The fraction of sp³-hybridized carbons (Fsp3) is 0.444. The van der Waals surface area contributed by atoms with E-state index < -0.39 is 0 Å². The van der Waals surface area contributed by atoms with E-state index in [1.165, 1.54) is 5.69 Å². The Morgan fingerprint density at radius 3 is 2.43 bits per heavy atom. The zero-order valence-electron chi connectivity index (χ0n) is 13.9. The van der Waals surface area contributed by atoms with Gasteiger partial charge in [-0.3, -0.25) is 4.79 Å². The molecule has 1 aliphatic rings. The van der Waals surface area contributed by atoms with E-state index in [1.807, 2.05) is 21.7 Å². The molecule has 0 bridgehead atoms. The molecule has 2 heterocycles. The van der Waals surface area contributed by atoms with Crippen LogP contribution < -0.4 is 4.90 Å². The minimum Gasteiger partial charge on any atom is -0.368 e. The molecule has 23 heavy (non-hydrogen) atoms. The third-order valence-electron chi connectivity index (χ3n) is 4.54. The molecule has 1 amide bonds. The molecular weight excluding hydrogens is 288 g/mol. The third-order valence-corrected chi connectivity index (χ3v) is 4.54. The molecule has 122 valence electrons. The molecule has 0 N–H and O–H groups in total. The summed E-state index contributed by atoms with van der Waals surface area (Å²) in [6, 6.07) is 10.4. The van der Waals surface area contributed by atoms with Gasteiger partial charge in [-0.2, -0.15) is 0 Å². The summed E-state index contributed by atoms with van der Waals surface area (Å²) < 4.78 is 2.01. The molecule has 2 aromatic rings. The van der Waals surface area contributed by atoms with Gasteiger partial charge in [0.1, 0.15) is 0 Å². The number of hydrogen-bond acceptors (Lipinski definition) is 3. The normalized spacial score (nSPS) is 15.7. The molecule has 0 spiro atoms. The van der Waals surface area contributed by atoms with E-state index in [-0.39, 0.29) is 11.4 Å². The molecule has 1 aromatic heterocycles. The van der Waals surface area contributed by atoms with E-state index in [0.29, 0.717) is 6.42 Å². The van der Waals surface area contributed by atoms with Crippen molar-refractivity contribution in [3.05, 3.63) is 49.1 Å². The molecule has 0 atom stereocenters. The minimum atomic E-state index is -0.246. The zero-order chi connectivity index (χ0) is 16.3. The first-order chi connectivity index (χ1) is 11.1. The molecule has 0 saturated carbocycles. The summed E-state index contributed by atoms with van der Waals surface area (Å²) in [5.74, 6) is 0.219. The van der Waals surface area contributed by atoms with Crippen LogP contribution in [0.3, 0.4) is 0 Å². The molecule has 5 heteroatoms. The summed E-state index contributed by atoms with van der Waals surface area (Å²) in [5, 5.41) is 0. The highest BCUT2D eigenvalue weighted by molar-refractivity contribution is 5.77. The summed E-state index contributed by atoms with van der Waals surface area (Å²) in [6.07, 6.45) is 5.95. The highest BCUT2D eigenvalue weighted by Crippen LogP contribution is 2.22. The lowest BCUT2D eigenvalue weighted by Crippen LogP contribution is -2.50. The third kappa shape index (κ3) is 3.55. The summed E-state index contributed by atoms with van der Waals surface area (Å²) in [5.41, 5.74) is 0.989. The molecular formula is C18H24N4O. The van der Waals surface area contributed by atoms with E-state index in [0.717, 1.165) is 26.2 Å². The van der Waals surface area contributed by atoms with Crippen LogP contribution in [0.2, 0.25) is 0 Å². The number of imidazole rings is 1. The Kier molecular flexibility index (Phi) is 4.37. The maximum atomic E-state index is 12.6. The largest absolute Gasteiger partial charge is 0.368 e. The van der Waals surface area contributed by atoms with Crippen LogP contribution in [0.5, 0.6) is 0 Å². The average molecular weight is 312 g/mol. The smallest absolute Gasteiger partial charge is 0.225 e. The SMILES string of the molecule is CC(C)(CC(=O)N1CCN(c2ccccc2)CC1)n1ccnc1. The fourth-order valence-electron chi connectivity index (χ4n) is 3.04. The van der Waals surface area contributed by atoms with Crippen LogP contribution in [0.1, 0.15) is 20.3 Å². The standard InChI is InChI=1S/C18H24N4O/c1-18(2,22-9-8-19-15-22)14-17(23)21-12-10-20(11-13-21)16-6-4-3-5-7-16/h3-9,15H,10-14H2,1-2H3. The first-order valence-corrected chi connectivity index (χ1v) is 8.12. The number of hydrogen-bond donors (Lipinski definition) is 0. The number of piperazine rings is 1. The molecule has 0 radical (unpaired) electrons. The Bertz CT molecular complexity index is 628. The van der Waals surface area contributed by atoms with Crippen molar-refractivity contribution in [1.82, 2.24) is 14.5 Å². The maximum Gasteiger partial charge on any atom is 0.225 e. The first-order valence-electron chi connectivity index (χ1n) is 8.12. The lowest BCUT2D eigenvalue weighted by molar-refractivity contribution is -0.133. The quantitative estimate of drug-likeness (QED) is 0.870. The Morgan fingerprint density at radius 1 is 1.13 bits per heavy atom. The highest BCUT2D eigenvalue weighted by Gasteiger charge is 2.28. The summed E-state index contributed by atoms with van der Waals surface area (Å²) in [4.78, 5) is 21.0. The number of anilines is 1. The van der Waals surface area contributed by atoms with Crippen molar-refractivity contribution in [2.75, 3.05) is 31.1 Å². The number of para-hydroxylation sites is 1. The average Bonchev–Trinajstić information content (AvgIpc) is 3.11. The first kappa shape index (κ1) is 15.6. The van der Waals surface area contributed by atoms with Gasteiger partial charge in [0.2, 0.25) is 5.91 Å². The van der Waals surface area contributed by atoms with Crippen molar-refractivity contribution in [2.45, 2.75) is 25.8 Å². The molecule has 1 aliphatic heterocycles. The number of rotatable bonds is 4. The van der Waals surface area contributed by atoms with E-state index in [1.54, 1.807) is 12.5 Å². The maximum absolute atomic E-state index is 12.6. The summed E-state index contributed by atoms with van der Waals surface area (Å²) in [6.45, 7) is 7.50. The van der Waals surface area contributed by atoms with Crippen LogP contribution in [-0.4, -0.2) is 46.5 Å². The second-order valence-electron chi connectivity index (χ2n) is 6.66. The summed E-state index contributed by atoms with van der Waals surface area (Å²) >= 11 is 0. The second kappa shape index (κ2) is 6.44. The lowest BCUT2D eigenvalue weighted by Gasteiger charge is -2.37. The molecule has 0 aliphatic carbocycles. The van der Waals surface area contributed by atoms with E-state index in [9.17, 15) is 4.79 Å². The van der Waals surface area contributed by atoms with Gasteiger partial charge in [-0.15, -0.1) is 0 Å². The predicted molar refractivity (Wildman–Crippen MR) is 91.4 cm³/mol. The Balaban J connectivity index is 1.56. The van der Waals surface area contributed by atoms with Gasteiger partial charge >= 0.3 is 0 Å². The zero-order valence-corrected chi connectivity index (χ0v) is 13.9. The van der Waals surface area contributed by atoms with E-state index in [2.05, 4.69) is 48.0 Å². The predicted octanol–water partition coefficient (Wildman–Crippen LogP) is 2.36. The van der Waals surface area contributed by atoms with Crippen molar-refractivity contribution < 1.29 is 4.79 Å². The van der Waals surface area contributed by atoms with Gasteiger partial charge < -0.3 is 14.4 Å². The number of aromatic nitrogens is 2. The van der Waals surface area contributed by atoms with E-state index >= 15 is 0 Å². The van der Waals surface area contributed by atoms with Gasteiger partial charge in [-0.1, -0.05) is 18.2 Å². The van der Waals surface area contributed by atoms with Crippen LogP contribution in [0.15, 0.2) is 49.1 Å². The van der Waals surface area contributed by atoms with Crippen LogP contribution in [-0.2, 0) is 10.3 Å². The number of carbonyl (C=O) groups is 1. The van der Waals surface area contributed by atoms with Crippen molar-refractivity contribution in [2.24, 2.45) is 0 Å². The van der Waals surface area contributed by atoms with Crippen LogP contribution in [0.25, 0.3) is 0 Å². The van der Waals surface area contributed by atoms with Crippen LogP contribution >= 0.6 is 0 Å². The second-order valence-corrected chi connectivity index (χ2v) is 6.66. The van der Waals surface area contributed by atoms with Gasteiger partial charge in [-0.25, -0.2) is 4.98 Å². The van der Waals surface area contributed by atoms with Crippen molar-refractivity contribution in [1.29, 1.82) is 0 Å². The Hall–Kier alpha value is -2.30. The number of nitrogens with zero attached hydrogens (tertiary/aromatic N) is 4. The van der Waals surface area contributed by atoms with Gasteiger partial charge in [0.25, 0.3) is 0 Å². The van der Waals surface area contributed by atoms with Gasteiger partial charge in [0.15, 0.2) is 0 Å². The van der Waals surface area contributed by atoms with E-state index in [4.69, 9.17) is 0 Å². The van der Waals surface area contributed by atoms with Crippen LogP contribution in [0, 0.1) is 0 Å². The fourth-order valence-corrected chi connectivity index (χ4v) is 3.04. The molecule has 1 saturated heterocycles. The molecule has 1 aromatic carbocycles. The number of amides is 1. The number of benzene rings is 1. The number of carbonyl (C=O) groups excluding carboxylic acids is 1. The van der Waals surface area contributed by atoms with Crippen molar-refractivity contribution >= 4 is 11.6 Å². The van der Waals surface area contributed by atoms with Gasteiger partial charge in [0, 0.05) is 56.2 Å². The van der Waals surface area contributed by atoms with Gasteiger partial charge in [-0.05, 0) is 26.0 Å². The molecule has 5 nitrogen and oxygen atoms in total. The highest BCUT2D eigenvalue weighted by atomic mass is 16.2. The molecule has 3 rings (SSSR count).